The smallest absolute Gasteiger partial charge is 0.186 e. The summed E-state index contributed by atoms with van der Waals surface area (Å²) in [5.74, 6) is 0.634. The van der Waals surface area contributed by atoms with Gasteiger partial charge in [-0.3, -0.25) is 4.79 Å². The normalized spacial score (nSPS) is 15.0. The third kappa shape index (κ3) is 2.72. The Morgan fingerprint density at radius 2 is 1.42 bits per heavy atom. The Balaban J connectivity index is 1.84. The summed E-state index contributed by atoms with van der Waals surface area (Å²) in [4.78, 5) is 12.8. The molecule has 0 spiro atoms. The molecule has 128 valence electrons. The van der Waals surface area contributed by atoms with Gasteiger partial charge in [0.05, 0.1) is 7.11 Å². The molecule has 4 rings (SSSR count). The number of fused-ring (bicyclic) bond motifs is 2. The van der Waals surface area contributed by atoms with Crippen LogP contribution >= 0.6 is 0 Å². The van der Waals surface area contributed by atoms with Crippen LogP contribution in [0.25, 0.3) is 5.57 Å². The predicted octanol–water partition coefficient (Wildman–Crippen LogP) is 4.40. The highest BCUT2D eigenvalue weighted by molar-refractivity contribution is 6.11. The zero-order valence-corrected chi connectivity index (χ0v) is 14.3. The van der Waals surface area contributed by atoms with Gasteiger partial charge in [-0.15, -0.1) is 0 Å². The van der Waals surface area contributed by atoms with Crippen LogP contribution in [-0.4, -0.2) is 18.0 Å². The van der Waals surface area contributed by atoms with Crippen LogP contribution in [0.4, 0.5) is 0 Å². The maximum atomic E-state index is 12.8. The molecular formula is C23H18O3. The number of methoxy groups -OCH3 is 1. The molecule has 0 aliphatic heterocycles. The number of rotatable bonds is 3. The summed E-state index contributed by atoms with van der Waals surface area (Å²) in [6.45, 7) is 0. The van der Waals surface area contributed by atoms with E-state index in [0.29, 0.717) is 11.3 Å². The molecule has 0 saturated carbocycles. The van der Waals surface area contributed by atoms with Crippen molar-refractivity contribution >= 4 is 11.4 Å². The molecule has 0 radical (unpaired) electrons. The number of carbonyl (C=O) groups excluding carboxylic acids is 1. The summed E-state index contributed by atoms with van der Waals surface area (Å²) in [5, 5.41) is 10.7. The molecule has 0 bridgehead atoms. The number of carbonyl (C=O) groups is 1. The molecule has 0 saturated heterocycles. The van der Waals surface area contributed by atoms with Crippen LogP contribution in [0.15, 0.2) is 78.9 Å². The van der Waals surface area contributed by atoms with Crippen LogP contribution < -0.4 is 4.74 Å². The first-order valence-corrected chi connectivity index (χ1v) is 8.46. The quantitative estimate of drug-likeness (QED) is 0.567. The van der Waals surface area contributed by atoms with E-state index in [1.165, 1.54) is 0 Å². The topological polar surface area (TPSA) is 46.5 Å². The lowest BCUT2D eigenvalue weighted by atomic mass is 9.80. The molecule has 1 aliphatic carbocycles. The second-order valence-corrected chi connectivity index (χ2v) is 6.23. The van der Waals surface area contributed by atoms with Gasteiger partial charge in [0.1, 0.15) is 11.9 Å². The van der Waals surface area contributed by atoms with Gasteiger partial charge < -0.3 is 9.84 Å². The Bertz CT molecular complexity index is 950. The van der Waals surface area contributed by atoms with Crippen LogP contribution in [0.2, 0.25) is 0 Å². The molecular weight excluding hydrogens is 324 g/mol. The average Bonchev–Trinajstić information content (AvgIpc) is 2.71. The lowest BCUT2D eigenvalue weighted by Crippen LogP contribution is -2.13. The fourth-order valence-electron chi connectivity index (χ4n) is 3.40. The van der Waals surface area contributed by atoms with Crippen molar-refractivity contribution in [1.29, 1.82) is 0 Å². The Kier molecular flexibility index (Phi) is 4.15. The number of allylic oxidation sites excluding steroid dienone is 1. The summed E-state index contributed by atoms with van der Waals surface area (Å²) in [5.41, 5.74) is 4.85. The summed E-state index contributed by atoms with van der Waals surface area (Å²) < 4.78 is 5.15. The Morgan fingerprint density at radius 1 is 0.885 bits per heavy atom. The second kappa shape index (κ2) is 6.62. The summed E-state index contributed by atoms with van der Waals surface area (Å²) >= 11 is 0. The van der Waals surface area contributed by atoms with Crippen LogP contribution in [0.1, 0.15) is 38.7 Å². The van der Waals surface area contributed by atoms with E-state index < -0.39 is 6.10 Å². The van der Waals surface area contributed by atoms with Crippen molar-refractivity contribution in [2.75, 3.05) is 7.11 Å². The highest BCUT2D eigenvalue weighted by Gasteiger charge is 2.27. The number of hydrogen-bond donors (Lipinski definition) is 1. The van der Waals surface area contributed by atoms with Gasteiger partial charge in [-0.25, -0.2) is 0 Å². The van der Waals surface area contributed by atoms with Crippen molar-refractivity contribution < 1.29 is 14.6 Å². The number of hydrogen-bond acceptors (Lipinski definition) is 3. The minimum Gasteiger partial charge on any atom is -0.497 e. The molecule has 3 aromatic carbocycles. The lowest BCUT2D eigenvalue weighted by Gasteiger charge is -2.27. The van der Waals surface area contributed by atoms with E-state index in [0.717, 1.165) is 27.8 Å². The molecule has 3 aromatic rings. The van der Waals surface area contributed by atoms with Crippen molar-refractivity contribution in [3.8, 4) is 5.75 Å². The van der Waals surface area contributed by atoms with E-state index in [-0.39, 0.29) is 5.78 Å². The molecule has 1 N–H and O–H groups in total. The number of aliphatic hydroxyl groups is 1. The molecule has 0 unspecified atom stereocenters. The van der Waals surface area contributed by atoms with E-state index >= 15 is 0 Å². The van der Waals surface area contributed by atoms with Gasteiger partial charge in [0.15, 0.2) is 5.78 Å². The minimum absolute atomic E-state index is 0.0800. The van der Waals surface area contributed by atoms with Gasteiger partial charge in [0.25, 0.3) is 0 Å². The largest absolute Gasteiger partial charge is 0.497 e. The molecule has 3 heteroatoms. The van der Waals surface area contributed by atoms with E-state index in [1.54, 1.807) is 37.5 Å². The van der Waals surface area contributed by atoms with Crippen molar-refractivity contribution in [2.45, 2.75) is 6.10 Å². The fourth-order valence-corrected chi connectivity index (χ4v) is 3.40. The van der Waals surface area contributed by atoms with Gasteiger partial charge in [0.2, 0.25) is 0 Å². The zero-order chi connectivity index (χ0) is 18.1. The molecule has 26 heavy (non-hydrogen) atoms. The van der Waals surface area contributed by atoms with E-state index in [1.807, 2.05) is 48.5 Å². The highest BCUT2D eigenvalue weighted by Crippen LogP contribution is 2.41. The van der Waals surface area contributed by atoms with Crippen molar-refractivity contribution in [2.24, 2.45) is 0 Å². The minimum atomic E-state index is -0.685. The number of ketones is 1. The first-order valence-electron chi connectivity index (χ1n) is 8.46. The maximum absolute atomic E-state index is 12.8. The maximum Gasteiger partial charge on any atom is 0.186 e. The highest BCUT2D eigenvalue weighted by atomic mass is 16.5. The summed E-state index contributed by atoms with van der Waals surface area (Å²) in [6, 6.07) is 22.4. The molecule has 0 heterocycles. The molecule has 3 nitrogen and oxygen atoms in total. The third-order valence-electron chi connectivity index (χ3n) is 4.74. The van der Waals surface area contributed by atoms with Gasteiger partial charge in [-0.1, -0.05) is 48.5 Å². The lowest BCUT2D eigenvalue weighted by molar-refractivity contribution is 0.104. The van der Waals surface area contributed by atoms with E-state index in [4.69, 9.17) is 4.74 Å². The van der Waals surface area contributed by atoms with Crippen LogP contribution in [-0.2, 0) is 0 Å². The number of aliphatic hydroxyl groups excluding tert-OH is 1. The fraction of sp³-hybridized carbons (Fsp3) is 0.0870. The van der Waals surface area contributed by atoms with Gasteiger partial charge in [-0.2, -0.15) is 0 Å². The second-order valence-electron chi connectivity index (χ2n) is 6.23. The average molecular weight is 342 g/mol. The number of ether oxygens (including phenoxy) is 1. The van der Waals surface area contributed by atoms with Crippen LogP contribution in [0.3, 0.4) is 0 Å². The van der Waals surface area contributed by atoms with Crippen LogP contribution in [0, 0.1) is 0 Å². The monoisotopic (exact) mass is 342 g/mol. The van der Waals surface area contributed by atoms with Gasteiger partial charge >= 0.3 is 0 Å². The zero-order valence-electron chi connectivity index (χ0n) is 14.3. The number of benzene rings is 3. The van der Waals surface area contributed by atoms with Gasteiger partial charge in [-0.05, 0) is 58.2 Å². The predicted molar refractivity (Wildman–Crippen MR) is 101 cm³/mol. The SMILES string of the molecule is COc1ccc(C(=O)C=C2c3ccccc3C(O)c3ccccc32)cc1. The molecule has 0 amide bonds. The summed E-state index contributed by atoms with van der Waals surface area (Å²) in [7, 11) is 1.60. The molecule has 0 atom stereocenters. The Labute approximate surface area is 152 Å². The first-order chi connectivity index (χ1) is 12.7. The van der Waals surface area contributed by atoms with Crippen molar-refractivity contribution in [3.63, 3.8) is 0 Å². The van der Waals surface area contributed by atoms with Crippen molar-refractivity contribution in [3.05, 3.63) is 107 Å². The molecule has 0 fully saturated rings. The van der Waals surface area contributed by atoms with Gasteiger partial charge in [0, 0.05) is 5.56 Å². The van der Waals surface area contributed by atoms with E-state index in [2.05, 4.69) is 0 Å². The Hall–Kier alpha value is -3.17. The molecule has 0 aromatic heterocycles. The first kappa shape index (κ1) is 16.3. The standard InChI is InChI=1S/C23H18O3/c1-26-16-12-10-15(11-13-16)22(24)14-21-17-6-2-4-8-19(17)23(25)20-9-5-3-7-18(20)21/h2-14,23,25H,1H3. The van der Waals surface area contributed by atoms with Crippen molar-refractivity contribution in [1.82, 2.24) is 0 Å². The molecule has 1 aliphatic rings. The third-order valence-corrected chi connectivity index (χ3v) is 4.74. The van der Waals surface area contributed by atoms with Crippen LogP contribution in [0.5, 0.6) is 5.75 Å². The Morgan fingerprint density at radius 3 is 1.96 bits per heavy atom. The summed E-state index contributed by atoms with van der Waals surface area (Å²) in [6.07, 6.45) is 0.973. The van der Waals surface area contributed by atoms with E-state index in [9.17, 15) is 9.90 Å².